The Hall–Kier alpha value is -1.97. The lowest BCUT2D eigenvalue weighted by atomic mass is 10.00. The van der Waals surface area contributed by atoms with Gasteiger partial charge >= 0.3 is 0 Å². The van der Waals surface area contributed by atoms with Gasteiger partial charge in [-0.05, 0) is 56.7 Å². The number of benzene rings is 1. The molecule has 0 spiro atoms. The zero-order valence-corrected chi connectivity index (χ0v) is 15.5. The maximum atomic E-state index is 12.3. The van der Waals surface area contributed by atoms with Crippen molar-refractivity contribution in [1.82, 2.24) is 5.32 Å². The maximum Gasteiger partial charge on any atom is 0.240 e. The average Bonchev–Trinajstić information content (AvgIpc) is 3.31. The van der Waals surface area contributed by atoms with Gasteiger partial charge in [-0.15, -0.1) is 0 Å². The number of hydrogen-bond donors (Lipinski definition) is 2. The monoisotopic (exact) mass is 377 g/mol. The number of nitrogens with zero attached hydrogens (tertiary/aromatic N) is 1. The van der Waals surface area contributed by atoms with E-state index in [1.807, 2.05) is 0 Å². The predicted octanol–water partition coefficient (Wildman–Crippen LogP) is 3.26. The molecule has 3 rings (SSSR count). The quantitative estimate of drug-likeness (QED) is 0.762. The number of halogens is 1. The van der Waals surface area contributed by atoms with E-state index in [2.05, 4.69) is 16.7 Å². The zero-order valence-electron chi connectivity index (χ0n) is 14.7. The summed E-state index contributed by atoms with van der Waals surface area (Å²) in [5.41, 5.74) is -0.0604. The van der Waals surface area contributed by atoms with Crippen molar-refractivity contribution >= 4 is 23.2 Å². The summed E-state index contributed by atoms with van der Waals surface area (Å²) in [6, 6.07) is 7.52. The molecule has 2 fully saturated rings. The van der Waals surface area contributed by atoms with E-state index in [9.17, 15) is 10.1 Å². The fourth-order valence-electron chi connectivity index (χ4n) is 3.45. The minimum atomic E-state index is -0.716. The fraction of sp³-hybridized carbons (Fsp3) is 0.579. The lowest BCUT2D eigenvalue weighted by molar-refractivity contribution is -0.120. The van der Waals surface area contributed by atoms with E-state index >= 15 is 0 Å². The van der Waals surface area contributed by atoms with Crippen molar-refractivity contribution in [2.45, 2.75) is 50.2 Å². The van der Waals surface area contributed by atoms with Gasteiger partial charge in [0.2, 0.25) is 5.91 Å². The highest BCUT2D eigenvalue weighted by Gasteiger charge is 2.35. The molecule has 2 aliphatic rings. The second-order valence-electron chi connectivity index (χ2n) is 6.89. The summed E-state index contributed by atoms with van der Waals surface area (Å²) in [5, 5.41) is 15.9. The van der Waals surface area contributed by atoms with Gasteiger partial charge in [-0.2, -0.15) is 5.26 Å². The second-order valence-corrected chi connectivity index (χ2v) is 7.33. The number of nitriles is 1. The summed E-state index contributed by atoms with van der Waals surface area (Å²) in [5.74, 6) is 0.423. The molecule has 0 radical (unpaired) electrons. The van der Waals surface area contributed by atoms with E-state index in [-0.39, 0.29) is 18.6 Å². The molecular formula is C19H24ClN3O3. The first kappa shape index (κ1) is 18.8. The van der Waals surface area contributed by atoms with Crippen LogP contribution in [-0.2, 0) is 9.53 Å². The van der Waals surface area contributed by atoms with Crippen LogP contribution >= 0.6 is 11.6 Å². The summed E-state index contributed by atoms with van der Waals surface area (Å²) in [6.45, 7) is 1.31. The van der Waals surface area contributed by atoms with E-state index in [0.29, 0.717) is 35.9 Å². The van der Waals surface area contributed by atoms with Gasteiger partial charge in [-0.1, -0.05) is 11.6 Å². The Labute approximate surface area is 158 Å². The molecule has 26 heavy (non-hydrogen) atoms. The van der Waals surface area contributed by atoms with Gasteiger partial charge in [0.05, 0.1) is 24.4 Å². The van der Waals surface area contributed by atoms with E-state index < -0.39 is 5.54 Å². The smallest absolute Gasteiger partial charge is 0.240 e. The molecule has 1 atom stereocenters. The SMILES string of the molecule is N#CC1(NC(=O)CNc2cc(Cl)ccc2OC[C@H]2CCCO2)CCCC1. The van der Waals surface area contributed by atoms with Crippen molar-refractivity contribution in [1.29, 1.82) is 5.26 Å². The molecule has 140 valence electrons. The third-order valence-corrected chi connectivity index (χ3v) is 5.11. The largest absolute Gasteiger partial charge is 0.489 e. The normalized spacial score (nSPS) is 21.2. The Morgan fingerprint density at radius 1 is 1.38 bits per heavy atom. The Bertz CT molecular complexity index is 677. The van der Waals surface area contributed by atoms with Crippen LogP contribution in [0.15, 0.2) is 18.2 Å². The summed E-state index contributed by atoms with van der Waals surface area (Å²) < 4.78 is 11.4. The molecule has 0 unspecified atom stereocenters. The number of amides is 1. The summed E-state index contributed by atoms with van der Waals surface area (Å²) in [6.07, 6.45) is 5.52. The third kappa shape index (κ3) is 4.80. The minimum Gasteiger partial charge on any atom is -0.489 e. The molecule has 1 aromatic carbocycles. The summed E-state index contributed by atoms with van der Waals surface area (Å²) in [4.78, 5) is 12.3. The Balaban J connectivity index is 1.56. The summed E-state index contributed by atoms with van der Waals surface area (Å²) >= 11 is 6.08. The fourth-order valence-corrected chi connectivity index (χ4v) is 3.63. The van der Waals surface area contributed by atoms with Gasteiger partial charge in [0.15, 0.2) is 0 Å². The van der Waals surface area contributed by atoms with E-state index in [1.165, 1.54) is 0 Å². The first-order valence-corrected chi connectivity index (χ1v) is 9.48. The first-order valence-electron chi connectivity index (χ1n) is 9.10. The molecule has 1 saturated heterocycles. The van der Waals surface area contributed by atoms with Gasteiger partial charge in [0.25, 0.3) is 0 Å². The molecule has 1 aliphatic heterocycles. The van der Waals surface area contributed by atoms with Crippen LogP contribution in [0, 0.1) is 11.3 Å². The highest BCUT2D eigenvalue weighted by Crippen LogP contribution is 2.30. The molecule has 2 N–H and O–H groups in total. The van der Waals surface area contributed by atoms with Crippen LogP contribution in [0.2, 0.25) is 5.02 Å². The van der Waals surface area contributed by atoms with Crippen molar-refractivity contribution in [3.05, 3.63) is 23.2 Å². The van der Waals surface area contributed by atoms with Gasteiger partial charge < -0.3 is 20.1 Å². The first-order chi connectivity index (χ1) is 12.6. The van der Waals surface area contributed by atoms with E-state index in [4.69, 9.17) is 21.1 Å². The number of ether oxygens (including phenoxy) is 2. The molecule has 6 nitrogen and oxygen atoms in total. The molecular weight excluding hydrogens is 354 g/mol. The van der Waals surface area contributed by atoms with Crippen LogP contribution in [0.25, 0.3) is 0 Å². The van der Waals surface area contributed by atoms with Crippen molar-refractivity contribution in [3.63, 3.8) is 0 Å². The molecule has 1 saturated carbocycles. The van der Waals surface area contributed by atoms with Gasteiger partial charge in [-0.3, -0.25) is 4.79 Å². The Morgan fingerprint density at radius 3 is 2.88 bits per heavy atom. The highest BCUT2D eigenvalue weighted by molar-refractivity contribution is 6.30. The van der Waals surface area contributed by atoms with Crippen molar-refractivity contribution < 1.29 is 14.3 Å². The van der Waals surface area contributed by atoms with Crippen LogP contribution in [0.1, 0.15) is 38.5 Å². The molecule has 0 aromatic heterocycles. The lowest BCUT2D eigenvalue weighted by Gasteiger charge is -2.22. The Kier molecular flexibility index (Phi) is 6.23. The minimum absolute atomic E-state index is 0.0556. The molecule has 1 aliphatic carbocycles. The number of carbonyl (C=O) groups excluding carboxylic acids is 1. The maximum absolute atomic E-state index is 12.3. The number of hydrogen-bond acceptors (Lipinski definition) is 5. The highest BCUT2D eigenvalue weighted by atomic mass is 35.5. The number of anilines is 1. The van der Waals surface area contributed by atoms with Crippen LogP contribution in [-0.4, -0.2) is 37.3 Å². The second kappa shape index (κ2) is 8.61. The van der Waals surface area contributed by atoms with Gasteiger partial charge in [0, 0.05) is 11.6 Å². The number of carbonyl (C=O) groups is 1. The molecule has 1 amide bonds. The molecule has 7 heteroatoms. The number of rotatable bonds is 7. The average molecular weight is 378 g/mol. The van der Waals surface area contributed by atoms with Crippen LogP contribution < -0.4 is 15.4 Å². The molecule has 1 heterocycles. The Morgan fingerprint density at radius 2 is 2.19 bits per heavy atom. The molecule has 0 bridgehead atoms. The summed E-state index contributed by atoms with van der Waals surface area (Å²) in [7, 11) is 0. The van der Waals surface area contributed by atoms with Crippen LogP contribution in [0.5, 0.6) is 5.75 Å². The predicted molar refractivity (Wildman–Crippen MR) is 99.4 cm³/mol. The van der Waals surface area contributed by atoms with E-state index in [1.54, 1.807) is 18.2 Å². The standard InChI is InChI=1S/C19H24ClN3O3/c20-14-5-6-17(26-12-15-4-3-9-25-15)16(10-14)22-11-18(24)23-19(13-21)7-1-2-8-19/h5-6,10,15,22H,1-4,7-9,11-12H2,(H,23,24)/t15-/m1/s1. The number of nitrogens with one attached hydrogen (secondary N) is 2. The topological polar surface area (TPSA) is 83.4 Å². The van der Waals surface area contributed by atoms with Gasteiger partial charge in [0.1, 0.15) is 17.9 Å². The van der Waals surface area contributed by atoms with Crippen molar-refractivity contribution in [3.8, 4) is 11.8 Å². The zero-order chi connectivity index (χ0) is 18.4. The van der Waals surface area contributed by atoms with Crippen LogP contribution in [0.4, 0.5) is 5.69 Å². The van der Waals surface area contributed by atoms with Crippen molar-refractivity contribution in [2.24, 2.45) is 0 Å². The van der Waals surface area contributed by atoms with Gasteiger partial charge in [-0.25, -0.2) is 0 Å². The lowest BCUT2D eigenvalue weighted by Crippen LogP contribution is -2.47. The van der Waals surface area contributed by atoms with Crippen molar-refractivity contribution in [2.75, 3.05) is 25.1 Å². The molecule has 1 aromatic rings. The van der Waals surface area contributed by atoms with E-state index in [0.717, 1.165) is 32.3 Å². The van der Waals surface area contributed by atoms with Crippen LogP contribution in [0.3, 0.4) is 0 Å². The third-order valence-electron chi connectivity index (χ3n) is 4.88.